The summed E-state index contributed by atoms with van der Waals surface area (Å²) >= 11 is 0. The van der Waals surface area contributed by atoms with Crippen molar-refractivity contribution in [3.8, 4) is 5.69 Å². The van der Waals surface area contributed by atoms with E-state index in [1.165, 1.54) is 0 Å². The average molecular weight is 419 g/mol. The summed E-state index contributed by atoms with van der Waals surface area (Å²) in [5.74, 6) is -4.37. The molecule has 0 bridgehead atoms. The number of benzene rings is 1. The Labute approximate surface area is 167 Å². The highest BCUT2D eigenvalue weighted by atomic mass is 19.1. The first-order chi connectivity index (χ1) is 14.3. The van der Waals surface area contributed by atoms with E-state index in [9.17, 15) is 33.0 Å². The maximum atomic E-state index is 14.8. The van der Waals surface area contributed by atoms with E-state index in [4.69, 9.17) is 0 Å². The minimum atomic E-state index is -1.58. The van der Waals surface area contributed by atoms with Gasteiger partial charge in [-0.25, -0.2) is 22.9 Å². The number of nitrogens with zero attached hydrogens (tertiary/aromatic N) is 3. The van der Waals surface area contributed by atoms with Crippen molar-refractivity contribution < 1.29 is 28.2 Å². The van der Waals surface area contributed by atoms with E-state index >= 15 is 0 Å². The molecule has 0 saturated carbocycles. The standard InChI is InChI=1S/C20H16F3N3O4/c21-10-1-2-16(14(22)7-10)26-9-13(20(29)30)17(28)12-8-15(23)19(24-18(12)26)25-5-3-11(27)4-6-25/h1-2,7-9,11,27H,3-6H2,(H,29,30). The number of aromatic nitrogens is 2. The average Bonchev–Trinajstić information content (AvgIpc) is 2.69. The lowest BCUT2D eigenvalue weighted by atomic mass is 10.1. The zero-order valence-electron chi connectivity index (χ0n) is 15.5. The van der Waals surface area contributed by atoms with Crippen molar-refractivity contribution >= 4 is 22.8 Å². The molecule has 2 aromatic heterocycles. The smallest absolute Gasteiger partial charge is 0.341 e. The van der Waals surface area contributed by atoms with E-state index < -0.39 is 40.5 Å². The molecular formula is C20H16F3N3O4. The summed E-state index contributed by atoms with van der Waals surface area (Å²) in [5, 5.41) is 18.7. The molecule has 3 aromatic rings. The third-order valence-electron chi connectivity index (χ3n) is 5.08. The monoisotopic (exact) mass is 419 g/mol. The van der Waals surface area contributed by atoms with Gasteiger partial charge in [0.15, 0.2) is 17.3 Å². The van der Waals surface area contributed by atoms with Crippen molar-refractivity contribution in [1.82, 2.24) is 9.55 Å². The number of aromatic carboxylic acids is 1. The molecule has 0 unspecified atom stereocenters. The van der Waals surface area contributed by atoms with Gasteiger partial charge in [-0.2, -0.15) is 0 Å². The number of hydrogen-bond donors (Lipinski definition) is 2. The molecule has 156 valence electrons. The summed E-state index contributed by atoms with van der Waals surface area (Å²) in [5.41, 5.74) is -2.09. The number of carboxylic acid groups (broad SMARTS) is 1. The lowest BCUT2D eigenvalue weighted by molar-refractivity contribution is 0.0695. The summed E-state index contributed by atoms with van der Waals surface area (Å²) in [7, 11) is 0. The van der Waals surface area contributed by atoms with Crippen molar-refractivity contribution in [3.05, 3.63) is 63.7 Å². The Bertz CT molecular complexity index is 1220. The molecule has 1 saturated heterocycles. The Hall–Kier alpha value is -3.40. The topological polar surface area (TPSA) is 95.7 Å². The first-order valence-corrected chi connectivity index (χ1v) is 9.14. The summed E-state index contributed by atoms with van der Waals surface area (Å²) in [6.07, 6.45) is 1.18. The van der Waals surface area contributed by atoms with Gasteiger partial charge in [0.2, 0.25) is 5.43 Å². The van der Waals surface area contributed by atoms with Gasteiger partial charge in [0.1, 0.15) is 17.2 Å². The number of hydrogen-bond acceptors (Lipinski definition) is 5. The highest BCUT2D eigenvalue weighted by Gasteiger charge is 2.24. The largest absolute Gasteiger partial charge is 0.477 e. The third-order valence-corrected chi connectivity index (χ3v) is 5.08. The van der Waals surface area contributed by atoms with E-state index in [2.05, 4.69) is 4.98 Å². The predicted octanol–water partition coefficient (Wildman–Crippen LogP) is 2.46. The molecule has 3 heterocycles. The van der Waals surface area contributed by atoms with Crippen LogP contribution in [0, 0.1) is 17.5 Å². The SMILES string of the molecule is O=C(O)c1cn(-c2ccc(F)cc2F)c2nc(N3CCC(O)CC3)c(F)cc2c1=O. The van der Waals surface area contributed by atoms with Crippen LogP contribution in [0.5, 0.6) is 0 Å². The zero-order valence-corrected chi connectivity index (χ0v) is 15.5. The molecule has 0 atom stereocenters. The number of anilines is 1. The first-order valence-electron chi connectivity index (χ1n) is 9.14. The number of pyridine rings is 2. The van der Waals surface area contributed by atoms with Crippen LogP contribution in [-0.4, -0.2) is 44.9 Å². The van der Waals surface area contributed by atoms with Gasteiger partial charge in [-0.15, -0.1) is 0 Å². The summed E-state index contributed by atoms with van der Waals surface area (Å²) in [4.78, 5) is 29.9. The van der Waals surface area contributed by atoms with Crippen LogP contribution in [0.25, 0.3) is 16.7 Å². The molecule has 1 fully saturated rings. The highest BCUT2D eigenvalue weighted by molar-refractivity contribution is 5.92. The molecule has 0 radical (unpaired) electrons. The number of halogens is 3. The molecule has 1 aliphatic heterocycles. The molecule has 1 aromatic carbocycles. The van der Waals surface area contributed by atoms with Crippen molar-refractivity contribution in [2.24, 2.45) is 0 Å². The highest BCUT2D eigenvalue weighted by Crippen LogP contribution is 2.26. The number of carbonyl (C=O) groups is 1. The molecule has 10 heteroatoms. The van der Waals surface area contributed by atoms with Gasteiger partial charge >= 0.3 is 5.97 Å². The van der Waals surface area contributed by atoms with Crippen LogP contribution in [0.4, 0.5) is 19.0 Å². The number of aliphatic hydroxyl groups is 1. The molecule has 0 spiro atoms. The third kappa shape index (κ3) is 3.39. The molecule has 0 amide bonds. The zero-order chi connectivity index (χ0) is 21.6. The lowest BCUT2D eigenvalue weighted by Crippen LogP contribution is -2.37. The van der Waals surface area contributed by atoms with Crippen LogP contribution in [-0.2, 0) is 0 Å². The Morgan fingerprint density at radius 2 is 1.80 bits per heavy atom. The fourth-order valence-electron chi connectivity index (χ4n) is 3.53. The molecular weight excluding hydrogens is 403 g/mol. The number of aliphatic hydroxyl groups excluding tert-OH is 1. The van der Waals surface area contributed by atoms with Crippen LogP contribution < -0.4 is 10.3 Å². The second kappa shape index (κ2) is 7.45. The summed E-state index contributed by atoms with van der Waals surface area (Å²) in [6, 6.07) is 3.52. The van der Waals surface area contributed by atoms with Crippen LogP contribution >= 0.6 is 0 Å². The normalized spacial score (nSPS) is 15.0. The molecule has 2 N–H and O–H groups in total. The fraction of sp³-hybridized carbons (Fsp3) is 0.250. The van der Waals surface area contributed by atoms with E-state index in [0.717, 1.165) is 29.0 Å². The Balaban J connectivity index is 2.01. The summed E-state index contributed by atoms with van der Waals surface area (Å²) < 4.78 is 43.6. The number of carboxylic acids is 1. The number of piperidine rings is 1. The van der Waals surface area contributed by atoms with Gasteiger partial charge in [-0.05, 0) is 31.0 Å². The summed E-state index contributed by atoms with van der Waals surface area (Å²) in [6.45, 7) is 0.637. The van der Waals surface area contributed by atoms with Crippen LogP contribution in [0.2, 0.25) is 0 Å². The predicted molar refractivity (Wildman–Crippen MR) is 102 cm³/mol. The fourth-order valence-corrected chi connectivity index (χ4v) is 3.53. The molecule has 4 rings (SSSR count). The quantitative estimate of drug-likeness (QED) is 0.677. The van der Waals surface area contributed by atoms with Crippen LogP contribution in [0.1, 0.15) is 23.2 Å². The Morgan fingerprint density at radius 1 is 1.10 bits per heavy atom. The van der Waals surface area contributed by atoms with E-state index in [0.29, 0.717) is 32.0 Å². The molecule has 7 nitrogen and oxygen atoms in total. The number of rotatable bonds is 3. The second-order valence-corrected chi connectivity index (χ2v) is 7.03. The van der Waals surface area contributed by atoms with Gasteiger partial charge in [-0.3, -0.25) is 9.36 Å². The maximum absolute atomic E-state index is 14.8. The molecule has 1 aliphatic rings. The van der Waals surface area contributed by atoms with Crippen LogP contribution in [0.15, 0.2) is 35.3 Å². The van der Waals surface area contributed by atoms with Crippen molar-refractivity contribution in [2.75, 3.05) is 18.0 Å². The van der Waals surface area contributed by atoms with Gasteiger partial charge in [-0.1, -0.05) is 0 Å². The molecule has 30 heavy (non-hydrogen) atoms. The van der Waals surface area contributed by atoms with Gasteiger partial charge in [0, 0.05) is 25.4 Å². The van der Waals surface area contributed by atoms with Gasteiger partial charge in [0.05, 0.1) is 17.2 Å². The van der Waals surface area contributed by atoms with Crippen LogP contribution in [0.3, 0.4) is 0 Å². The first kappa shape index (κ1) is 19.9. The van der Waals surface area contributed by atoms with Crippen molar-refractivity contribution in [2.45, 2.75) is 18.9 Å². The number of fused-ring (bicyclic) bond motifs is 1. The van der Waals surface area contributed by atoms with Gasteiger partial charge < -0.3 is 15.1 Å². The van der Waals surface area contributed by atoms with Gasteiger partial charge in [0.25, 0.3) is 0 Å². The second-order valence-electron chi connectivity index (χ2n) is 7.03. The lowest BCUT2D eigenvalue weighted by Gasteiger charge is -2.31. The van der Waals surface area contributed by atoms with Crippen molar-refractivity contribution in [1.29, 1.82) is 0 Å². The van der Waals surface area contributed by atoms with E-state index in [1.54, 1.807) is 4.90 Å². The Kier molecular flexibility index (Phi) is 4.94. The minimum absolute atomic E-state index is 0.104. The Morgan fingerprint density at radius 3 is 2.43 bits per heavy atom. The minimum Gasteiger partial charge on any atom is -0.477 e. The van der Waals surface area contributed by atoms with E-state index in [-0.39, 0.29) is 22.5 Å². The van der Waals surface area contributed by atoms with E-state index in [1.807, 2.05) is 0 Å². The maximum Gasteiger partial charge on any atom is 0.341 e. The van der Waals surface area contributed by atoms with Crippen molar-refractivity contribution in [3.63, 3.8) is 0 Å². The molecule has 0 aliphatic carbocycles.